The van der Waals surface area contributed by atoms with E-state index in [1.807, 2.05) is 12.1 Å². The normalized spacial score (nSPS) is 21.2. The quantitative estimate of drug-likeness (QED) is 0.778. The van der Waals surface area contributed by atoms with Crippen molar-refractivity contribution in [2.75, 3.05) is 6.54 Å². The molecule has 1 heterocycles. The summed E-state index contributed by atoms with van der Waals surface area (Å²) in [5.41, 5.74) is 1.47. The zero-order chi connectivity index (χ0) is 10.7. The zero-order valence-electron chi connectivity index (χ0n) is 8.57. The molecule has 1 fully saturated rings. The van der Waals surface area contributed by atoms with Crippen LogP contribution in [0.5, 0.6) is 0 Å². The molecule has 3 heteroatoms. The monoisotopic (exact) mass is 205 g/mol. The van der Waals surface area contributed by atoms with Gasteiger partial charge in [-0.25, -0.2) is 4.79 Å². The molecule has 3 nitrogen and oxygen atoms in total. The topological polar surface area (TPSA) is 49.3 Å². The fourth-order valence-corrected chi connectivity index (χ4v) is 2.02. The number of piperidine rings is 1. The van der Waals surface area contributed by atoms with Crippen LogP contribution in [0, 0.1) is 0 Å². The predicted octanol–water partition coefficient (Wildman–Crippen LogP) is 2.20. The van der Waals surface area contributed by atoms with E-state index in [0.29, 0.717) is 11.6 Å². The van der Waals surface area contributed by atoms with Gasteiger partial charge in [-0.15, -0.1) is 0 Å². The lowest BCUT2D eigenvalue weighted by molar-refractivity contribution is 0.0696. The van der Waals surface area contributed by atoms with Crippen molar-refractivity contribution in [1.82, 2.24) is 5.32 Å². The summed E-state index contributed by atoms with van der Waals surface area (Å²) in [6.07, 6.45) is 3.53. The molecule has 15 heavy (non-hydrogen) atoms. The van der Waals surface area contributed by atoms with Crippen LogP contribution in [-0.2, 0) is 0 Å². The summed E-state index contributed by atoms with van der Waals surface area (Å²) in [6, 6.07) is 7.54. The van der Waals surface area contributed by atoms with E-state index in [1.54, 1.807) is 12.1 Å². The molecule has 1 aromatic carbocycles. The van der Waals surface area contributed by atoms with Gasteiger partial charge in [-0.1, -0.05) is 18.6 Å². The Morgan fingerprint density at radius 3 is 2.93 bits per heavy atom. The van der Waals surface area contributed by atoms with E-state index >= 15 is 0 Å². The molecule has 0 radical (unpaired) electrons. The van der Waals surface area contributed by atoms with Gasteiger partial charge in [0.05, 0.1) is 5.56 Å². The van der Waals surface area contributed by atoms with Crippen LogP contribution >= 0.6 is 0 Å². The summed E-state index contributed by atoms with van der Waals surface area (Å²) in [4.78, 5) is 10.8. The number of nitrogens with one attached hydrogen (secondary N) is 1. The second kappa shape index (κ2) is 4.45. The lowest BCUT2D eigenvalue weighted by atomic mass is 9.96. The molecule has 0 spiro atoms. The summed E-state index contributed by atoms with van der Waals surface area (Å²) >= 11 is 0. The molecule has 0 bridgehead atoms. The molecule has 1 atom stereocenters. The number of carbonyl (C=O) groups is 1. The Morgan fingerprint density at radius 2 is 2.27 bits per heavy atom. The molecular weight excluding hydrogens is 190 g/mol. The van der Waals surface area contributed by atoms with Crippen LogP contribution in [0.4, 0.5) is 0 Å². The highest BCUT2D eigenvalue weighted by molar-refractivity contribution is 5.87. The largest absolute Gasteiger partial charge is 0.478 e. The fourth-order valence-electron chi connectivity index (χ4n) is 2.02. The van der Waals surface area contributed by atoms with E-state index in [0.717, 1.165) is 18.5 Å². The summed E-state index contributed by atoms with van der Waals surface area (Å²) in [5.74, 6) is -0.854. The second-order valence-corrected chi connectivity index (χ2v) is 3.93. The van der Waals surface area contributed by atoms with Crippen molar-refractivity contribution in [3.05, 3.63) is 35.4 Å². The number of aromatic carboxylic acids is 1. The van der Waals surface area contributed by atoms with E-state index in [2.05, 4.69) is 5.32 Å². The highest BCUT2D eigenvalue weighted by Crippen LogP contribution is 2.23. The van der Waals surface area contributed by atoms with Crippen LogP contribution in [0.1, 0.15) is 41.2 Å². The molecule has 2 N–H and O–H groups in total. The molecule has 0 amide bonds. The van der Waals surface area contributed by atoms with Crippen LogP contribution in [0.2, 0.25) is 0 Å². The average Bonchev–Trinajstić information content (AvgIpc) is 2.30. The Bertz CT molecular complexity index is 356. The van der Waals surface area contributed by atoms with Crippen molar-refractivity contribution in [3.63, 3.8) is 0 Å². The number of benzene rings is 1. The first-order chi connectivity index (χ1) is 7.27. The van der Waals surface area contributed by atoms with Gasteiger partial charge in [-0.2, -0.15) is 0 Å². The van der Waals surface area contributed by atoms with E-state index in [9.17, 15) is 4.79 Å². The molecule has 1 aliphatic heterocycles. The Morgan fingerprint density at radius 1 is 1.40 bits per heavy atom. The van der Waals surface area contributed by atoms with Crippen molar-refractivity contribution < 1.29 is 9.90 Å². The van der Waals surface area contributed by atoms with Crippen LogP contribution in [0.3, 0.4) is 0 Å². The number of carboxylic acid groups (broad SMARTS) is 1. The van der Waals surface area contributed by atoms with Crippen LogP contribution in [0.25, 0.3) is 0 Å². The Hall–Kier alpha value is -1.35. The van der Waals surface area contributed by atoms with Crippen molar-refractivity contribution >= 4 is 5.97 Å². The molecule has 1 saturated heterocycles. The summed E-state index contributed by atoms with van der Waals surface area (Å²) < 4.78 is 0. The molecule has 2 rings (SSSR count). The third-order valence-corrected chi connectivity index (χ3v) is 2.85. The molecule has 0 aromatic heterocycles. The van der Waals surface area contributed by atoms with Crippen LogP contribution in [-0.4, -0.2) is 17.6 Å². The first kappa shape index (κ1) is 10.2. The maximum atomic E-state index is 10.8. The third-order valence-electron chi connectivity index (χ3n) is 2.85. The van der Waals surface area contributed by atoms with Gasteiger partial charge >= 0.3 is 5.97 Å². The maximum Gasteiger partial charge on any atom is 0.335 e. The van der Waals surface area contributed by atoms with Gasteiger partial charge in [-0.3, -0.25) is 0 Å². The van der Waals surface area contributed by atoms with E-state index in [1.165, 1.54) is 12.8 Å². The molecule has 0 aliphatic carbocycles. The maximum absolute atomic E-state index is 10.8. The molecule has 0 unspecified atom stereocenters. The van der Waals surface area contributed by atoms with Crippen molar-refractivity contribution in [3.8, 4) is 0 Å². The zero-order valence-corrected chi connectivity index (χ0v) is 8.57. The Kier molecular flexibility index (Phi) is 3.02. The number of rotatable bonds is 2. The number of hydrogen-bond donors (Lipinski definition) is 2. The Labute approximate surface area is 89.1 Å². The molecular formula is C12H15NO2. The average molecular weight is 205 g/mol. The summed E-state index contributed by atoms with van der Waals surface area (Å²) in [6.45, 7) is 1.03. The van der Waals surface area contributed by atoms with Gasteiger partial charge in [0, 0.05) is 6.04 Å². The van der Waals surface area contributed by atoms with E-state index in [-0.39, 0.29) is 0 Å². The molecule has 0 saturated carbocycles. The Balaban J connectivity index is 2.19. The fraction of sp³-hybridized carbons (Fsp3) is 0.417. The minimum Gasteiger partial charge on any atom is -0.478 e. The van der Waals surface area contributed by atoms with Gasteiger partial charge in [0.15, 0.2) is 0 Å². The van der Waals surface area contributed by atoms with Gasteiger partial charge in [0.25, 0.3) is 0 Å². The summed E-state index contributed by atoms with van der Waals surface area (Å²) in [5, 5.41) is 12.3. The molecule has 80 valence electrons. The van der Waals surface area contributed by atoms with Gasteiger partial charge in [0.2, 0.25) is 0 Å². The van der Waals surface area contributed by atoms with E-state index in [4.69, 9.17) is 5.11 Å². The number of hydrogen-bond acceptors (Lipinski definition) is 2. The first-order valence-corrected chi connectivity index (χ1v) is 5.34. The highest BCUT2D eigenvalue weighted by atomic mass is 16.4. The van der Waals surface area contributed by atoms with Gasteiger partial charge in [0.1, 0.15) is 0 Å². The molecule has 1 aliphatic rings. The third kappa shape index (κ3) is 2.36. The summed E-state index contributed by atoms with van der Waals surface area (Å²) in [7, 11) is 0. The first-order valence-electron chi connectivity index (χ1n) is 5.34. The van der Waals surface area contributed by atoms with Crippen LogP contribution < -0.4 is 5.32 Å². The minimum atomic E-state index is -0.854. The van der Waals surface area contributed by atoms with Gasteiger partial charge < -0.3 is 10.4 Å². The minimum absolute atomic E-state index is 0.332. The smallest absolute Gasteiger partial charge is 0.335 e. The molecule has 1 aromatic rings. The second-order valence-electron chi connectivity index (χ2n) is 3.93. The van der Waals surface area contributed by atoms with Crippen molar-refractivity contribution in [1.29, 1.82) is 0 Å². The van der Waals surface area contributed by atoms with Crippen molar-refractivity contribution in [2.24, 2.45) is 0 Å². The standard InChI is InChI=1S/C12H15NO2/c14-12(15)10-5-3-4-9(8-10)11-6-1-2-7-13-11/h3-5,8,11,13H,1-2,6-7H2,(H,14,15)/t11-/m1/s1. The number of carboxylic acids is 1. The van der Waals surface area contributed by atoms with Gasteiger partial charge in [-0.05, 0) is 37.1 Å². The van der Waals surface area contributed by atoms with E-state index < -0.39 is 5.97 Å². The lowest BCUT2D eigenvalue weighted by Gasteiger charge is -2.23. The van der Waals surface area contributed by atoms with Crippen LogP contribution in [0.15, 0.2) is 24.3 Å². The predicted molar refractivity (Wildman–Crippen MR) is 58.0 cm³/mol. The van der Waals surface area contributed by atoms with Crippen molar-refractivity contribution in [2.45, 2.75) is 25.3 Å². The highest BCUT2D eigenvalue weighted by Gasteiger charge is 2.15. The lowest BCUT2D eigenvalue weighted by Crippen LogP contribution is -2.26. The SMILES string of the molecule is O=C(O)c1cccc([C@H]2CCCCN2)c1.